The van der Waals surface area contributed by atoms with Crippen LogP contribution < -0.4 is 5.32 Å². The van der Waals surface area contributed by atoms with Gasteiger partial charge in [-0.05, 0) is 19.3 Å². The van der Waals surface area contributed by atoms with Crippen molar-refractivity contribution in [3.8, 4) is 0 Å². The molecule has 0 saturated heterocycles. The van der Waals surface area contributed by atoms with Crippen molar-refractivity contribution in [3.05, 3.63) is 12.3 Å². The third-order valence-electron chi connectivity index (χ3n) is 1.89. The van der Waals surface area contributed by atoms with Gasteiger partial charge in [-0.3, -0.25) is 4.39 Å². The summed E-state index contributed by atoms with van der Waals surface area (Å²) >= 11 is 0. The summed E-state index contributed by atoms with van der Waals surface area (Å²) in [6, 6.07) is 0. The lowest BCUT2D eigenvalue weighted by Gasteiger charge is -2.07. The summed E-state index contributed by atoms with van der Waals surface area (Å²) in [5.41, 5.74) is 0.758. The Kier molecular flexibility index (Phi) is 9.07. The first-order valence-corrected chi connectivity index (χ1v) is 5.40. The molecule has 0 aliphatic carbocycles. The van der Waals surface area contributed by atoms with Crippen molar-refractivity contribution >= 4 is 5.84 Å². The number of hydrogen-bond acceptors (Lipinski definition) is 2. The molecule has 3 nitrogen and oxygen atoms in total. The van der Waals surface area contributed by atoms with E-state index in [1.807, 2.05) is 6.92 Å². The second-order valence-corrected chi connectivity index (χ2v) is 3.27. The number of allylic oxidation sites excluding steroid dienone is 1. The van der Waals surface area contributed by atoms with Gasteiger partial charge in [0.1, 0.15) is 5.84 Å². The lowest BCUT2D eigenvalue weighted by atomic mass is 10.2. The number of alkyl halides is 1. The van der Waals surface area contributed by atoms with E-state index in [1.54, 1.807) is 0 Å². The summed E-state index contributed by atoms with van der Waals surface area (Å²) in [6.07, 6.45) is 2.67. The van der Waals surface area contributed by atoms with E-state index < -0.39 is 0 Å². The first-order chi connectivity index (χ1) is 7.24. The van der Waals surface area contributed by atoms with Crippen molar-refractivity contribution in [2.75, 3.05) is 19.8 Å². The van der Waals surface area contributed by atoms with E-state index in [0.29, 0.717) is 25.8 Å². The Hall–Kier alpha value is -0.900. The van der Waals surface area contributed by atoms with Gasteiger partial charge in [-0.2, -0.15) is 0 Å². The highest BCUT2D eigenvalue weighted by Gasteiger charge is 1.97. The maximum absolute atomic E-state index is 11.9. The van der Waals surface area contributed by atoms with Gasteiger partial charge in [-0.25, -0.2) is 4.99 Å². The second kappa shape index (κ2) is 9.65. The van der Waals surface area contributed by atoms with Crippen molar-refractivity contribution in [1.29, 1.82) is 0 Å². The molecule has 0 atom stereocenters. The lowest BCUT2D eigenvalue weighted by molar-refractivity contribution is 0.288. The SMILES string of the molecule is C=C(CCCO)/N=C(\CC)NCCCF. The molecule has 15 heavy (non-hydrogen) atoms. The van der Waals surface area contributed by atoms with Crippen LogP contribution in [0.2, 0.25) is 0 Å². The van der Waals surface area contributed by atoms with E-state index in [-0.39, 0.29) is 13.3 Å². The number of aliphatic imine (C=N–C) groups is 1. The third-order valence-corrected chi connectivity index (χ3v) is 1.89. The molecule has 0 aliphatic rings. The highest BCUT2D eigenvalue weighted by atomic mass is 19.1. The molecule has 0 bridgehead atoms. The van der Waals surface area contributed by atoms with Crippen molar-refractivity contribution in [3.63, 3.8) is 0 Å². The first-order valence-electron chi connectivity index (χ1n) is 5.40. The molecule has 2 N–H and O–H groups in total. The topological polar surface area (TPSA) is 44.6 Å². The van der Waals surface area contributed by atoms with Crippen LogP contribution in [0.25, 0.3) is 0 Å². The maximum Gasteiger partial charge on any atom is 0.101 e. The van der Waals surface area contributed by atoms with Gasteiger partial charge in [0.25, 0.3) is 0 Å². The molecule has 0 heterocycles. The van der Waals surface area contributed by atoms with Gasteiger partial charge in [0.15, 0.2) is 0 Å². The van der Waals surface area contributed by atoms with Crippen LogP contribution in [0.15, 0.2) is 17.3 Å². The number of aliphatic hydroxyl groups is 1. The number of halogens is 1. The molecule has 0 radical (unpaired) electrons. The summed E-state index contributed by atoms with van der Waals surface area (Å²) in [5.74, 6) is 0.839. The Morgan fingerprint density at radius 1 is 1.47 bits per heavy atom. The Morgan fingerprint density at radius 2 is 2.20 bits per heavy atom. The molecule has 0 amide bonds. The number of rotatable bonds is 8. The van der Waals surface area contributed by atoms with Crippen molar-refractivity contribution in [2.24, 2.45) is 4.99 Å². The average molecular weight is 216 g/mol. The Morgan fingerprint density at radius 3 is 2.73 bits per heavy atom. The smallest absolute Gasteiger partial charge is 0.101 e. The number of nitrogens with zero attached hydrogens (tertiary/aromatic N) is 1. The molecule has 0 saturated carbocycles. The van der Waals surface area contributed by atoms with Gasteiger partial charge in [0.05, 0.1) is 6.67 Å². The van der Waals surface area contributed by atoms with Crippen LogP contribution in [0.3, 0.4) is 0 Å². The predicted octanol–water partition coefficient (Wildman–Crippen LogP) is 2.03. The van der Waals surface area contributed by atoms with Gasteiger partial charge in [0.2, 0.25) is 0 Å². The molecule has 4 heteroatoms. The number of nitrogens with one attached hydrogen (secondary N) is 1. The molecule has 0 spiro atoms. The molecule has 0 rings (SSSR count). The summed E-state index contributed by atoms with van der Waals surface area (Å²) in [7, 11) is 0. The number of hydrogen-bond donors (Lipinski definition) is 2. The number of aliphatic hydroxyl groups excluding tert-OH is 1. The van der Waals surface area contributed by atoms with Gasteiger partial charge < -0.3 is 10.4 Å². The fourth-order valence-electron chi connectivity index (χ4n) is 1.07. The fraction of sp³-hybridized carbons (Fsp3) is 0.727. The summed E-state index contributed by atoms with van der Waals surface area (Å²) in [6.45, 7) is 6.24. The van der Waals surface area contributed by atoms with Crippen molar-refractivity contribution in [2.45, 2.75) is 32.6 Å². The molecule has 0 unspecified atom stereocenters. The quantitative estimate of drug-likeness (QED) is 0.370. The molecule has 0 aliphatic heterocycles. The average Bonchev–Trinajstić information content (AvgIpc) is 2.25. The van der Waals surface area contributed by atoms with Crippen molar-refractivity contribution < 1.29 is 9.50 Å². The second-order valence-electron chi connectivity index (χ2n) is 3.27. The first kappa shape index (κ1) is 14.1. The minimum Gasteiger partial charge on any atom is -0.396 e. The van der Waals surface area contributed by atoms with E-state index in [0.717, 1.165) is 18.0 Å². The fourth-order valence-corrected chi connectivity index (χ4v) is 1.07. The lowest BCUT2D eigenvalue weighted by Crippen LogP contribution is -2.24. The molecule has 88 valence electrons. The molecular weight excluding hydrogens is 195 g/mol. The molecule has 0 aromatic rings. The minimum atomic E-state index is -0.310. The molecule has 0 aromatic heterocycles. The van der Waals surface area contributed by atoms with Crippen LogP contribution in [-0.2, 0) is 0 Å². The highest BCUT2D eigenvalue weighted by molar-refractivity contribution is 5.82. The zero-order valence-corrected chi connectivity index (χ0v) is 9.43. The van der Waals surface area contributed by atoms with Crippen LogP contribution in [-0.4, -0.2) is 30.8 Å². The van der Waals surface area contributed by atoms with E-state index in [4.69, 9.17) is 5.11 Å². The van der Waals surface area contributed by atoms with E-state index in [2.05, 4.69) is 16.9 Å². The molecular formula is C11H21FN2O. The van der Waals surface area contributed by atoms with Gasteiger partial charge in [-0.1, -0.05) is 13.5 Å². The summed E-state index contributed by atoms with van der Waals surface area (Å²) in [5, 5.41) is 11.7. The van der Waals surface area contributed by atoms with Gasteiger partial charge in [-0.15, -0.1) is 0 Å². The zero-order valence-electron chi connectivity index (χ0n) is 9.43. The van der Waals surface area contributed by atoms with E-state index >= 15 is 0 Å². The van der Waals surface area contributed by atoms with Crippen LogP contribution in [0.4, 0.5) is 4.39 Å². The van der Waals surface area contributed by atoms with Crippen LogP contribution in [0.5, 0.6) is 0 Å². The standard InChI is InChI=1S/C11H21FN2O/c1-3-11(13-8-5-7-12)14-10(2)6-4-9-15/h15H,2-9H2,1H3,(H,13,14). The van der Waals surface area contributed by atoms with Crippen molar-refractivity contribution in [1.82, 2.24) is 5.32 Å². The van der Waals surface area contributed by atoms with E-state index in [1.165, 1.54) is 0 Å². The van der Waals surface area contributed by atoms with Gasteiger partial charge >= 0.3 is 0 Å². The molecule has 0 aromatic carbocycles. The summed E-state index contributed by atoms with van der Waals surface area (Å²) in [4.78, 5) is 4.28. The maximum atomic E-state index is 11.9. The zero-order chi connectivity index (χ0) is 11.5. The Bertz CT molecular complexity index is 205. The normalized spacial score (nSPS) is 11.5. The number of amidine groups is 1. The third kappa shape index (κ3) is 8.12. The van der Waals surface area contributed by atoms with Crippen LogP contribution >= 0.6 is 0 Å². The largest absolute Gasteiger partial charge is 0.396 e. The summed E-state index contributed by atoms with van der Waals surface area (Å²) < 4.78 is 11.9. The Balaban J connectivity index is 3.90. The van der Waals surface area contributed by atoms with E-state index in [9.17, 15) is 4.39 Å². The van der Waals surface area contributed by atoms with Gasteiger partial charge in [0, 0.05) is 25.3 Å². The van der Waals surface area contributed by atoms with Crippen LogP contribution in [0.1, 0.15) is 32.6 Å². The van der Waals surface area contributed by atoms with Crippen LogP contribution in [0, 0.1) is 0 Å². The predicted molar refractivity (Wildman–Crippen MR) is 61.8 cm³/mol. The highest BCUT2D eigenvalue weighted by Crippen LogP contribution is 2.04. The minimum absolute atomic E-state index is 0.158. The Labute approximate surface area is 91.1 Å². The molecule has 0 fully saturated rings. The monoisotopic (exact) mass is 216 g/mol.